The van der Waals surface area contributed by atoms with E-state index in [0.29, 0.717) is 43.7 Å². The molecule has 0 aliphatic carbocycles. The number of rotatable bonds is 8. The van der Waals surface area contributed by atoms with Gasteiger partial charge in [-0.05, 0) is 55.9 Å². The van der Waals surface area contributed by atoms with Crippen LogP contribution in [-0.2, 0) is 35.9 Å². The molecule has 9 heteroatoms. The van der Waals surface area contributed by atoms with Gasteiger partial charge in [-0.15, -0.1) is 0 Å². The lowest BCUT2D eigenvalue weighted by Gasteiger charge is -2.41. The Bertz CT molecular complexity index is 1180. The molecule has 202 valence electrons. The summed E-state index contributed by atoms with van der Waals surface area (Å²) in [6, 6.07) is 13.5. The Hall–Kier alpha value is -2.33. The Morgan fingerprint density at radius 3 is 2.57 bits per heavy atom. The highest BCUT2D eigenvalue weighted by Crippen LogP contribution is 2.40. The van der Waals surface area contributed by atoms with Crippen molar-refractivity contribution in [3.8, 4) is 0 Å². The first-order valence-corrected chi connectivity index (χ1v) is 14.5. The van der Waals surface area contributed by atoms with Crippen LogP contribution in [-0.4, -0.2) is 63.3 Å². The molecule has 2 aromatic rings. The van der Waals surface area contributed by atoms with E-state index in [9.17, 15) is 18.3 Å². The number of hydrogen-bond acceptors (Lipinski definition) is 7. The maximum absolute atomic E-state index is 15.6. The van der Waals surface area contributed by atoms with Crippen molar-refractivity contribution in [2.24, 2.45) is 0 Å². The molecule has 0 aromatic heterocycles. The number of aliphatic hydroxyl groups excluding tert-OH is 1. The van der Waals surface area contributed by atoms with Gasteiger partial charge < -0.3 is 19.9 Å². The van der Waals surface area contributed by atoms with Gasteiger partial charge in [-0.2, -0.15) is 0 Å². The van der Waals surface area contributed by atoms with E-state index < -0.39 is 43.6 Å². The number of benzene rings is 2. The van der Waals surface area contributed by atoms with Gasteiger partial charge in [0.2, 0.25) is 0 Å². The van der Waals surface area contributed by atoms with Gasteiger partial charge >= 0.3 is 5.97 Å². The molecular formula is C28H36FNO6S. The third-order valence-electron chi connectivity index (χ3n) is 7.91. The lowest BCUT2D eigenvalue weighted by molar-refractivity contribution is -0.147. The molecule has 2 saturated heterocycles. The summed E-state index contributed by atoms with van der Waals surface area (Å²) in [5.74, 6) is -1.02. The second-order valence-corrected chi connectivity index (χ2v) is 12.4. The Morgan fingerprint density at radius 2 is 1.92 bits per heavy atom. The normalized spacial score (nSPS) is 25.8. The summed E-state index contributed by atoms with van der Waals surface area (Å²) >= 11 is 0. The molecule has 2 aliphatic rings. The van der Waals surface area contributed by atoms with E-state index in [1.807, 2.05) is 25.1 Å². The minimum atomic E-state index is -3.59. The van der Waals surface area contributed by atoms with Gasteiger partial charge in [0.1, 0.15) is 5.82 Å². The molecule has 37 heavy (non-hydrogen) atoms. The van der Waals surface area contributed by atoms with Gasteiger partial charge in [0, 0.05) is 31.2 Å². The minimum absolute atomic E-state index is 0.0352. The maximum Gasteiger partial charge on any atom is 0.308 e. The van der Waals surface area contributed by atoms with Crippen molar-refractivity contribution < 1.29 is 32.2 Å². The standard InChI is InChI=1S/C28H36FNO6S/c1-3-36-27(32)17-26(31)28(11-13-35-14-12-28)22-10-9-21(23(29)16-22)15-24-19(2)30-18-25(37(24,33)34)20-7-5-4-6-8-20/h4-10,16,19,24-26,30-31H,3,11-15,17-18H2,1-2H3/t19-,24?,25-,26+/m0/s1. The van der Waals surface area contributed by atoms with Gasteiger partial charge in [-0.1, -0.05) is 42.5 Å². The summed E-state index contributed by atoms with van der Waals surface area (Å²) in [5.41, 5.74) is 0.754. The fourth-order valence-corrected chi connectivity index (χ4v) is 8.03. The fraction of sp³-hybridized carbons (Fsp3) is 0.536. The van der Waals surface area contributed by atoms with Crippen LogP contribution in [0.2, 0.25) is 0 Å². The average Bonchev–Trinajstić information content (AvgIpc) is 2.88. The molecule has 2 aliphatic heterocycles. The lowest BCUT2D eigenvalue weighted by atomic mass is 9.69. The van der Waals surface area contributed by atoms with E-state index in [1.54, 1.807) is 31.2 Å². The maximum atomic E-state index is 15.6. The molecule has 2 fully saturated rings. The van der Waals surface area contributed by atoms with Crippen molar-refractivity contribution >= 4 is 15.8 Å². The number of ether oxygens (including phenoxy) is 2. The van der Waals surface area contributed by atoms with Crippen molar-refractivity contribution in [2.45, 2.75) is 67.6 Å². The number of carbonyl (C=O) groups is 1. The van der Waals surface area contributed by atoms with Crippen LogP contribution in [0.5, 0.6) is 0 Å². The van der Waals surface area contributed by atoms with Crippen LogP contribution in [0.1, 0.15) is 55.1 Å². The molecule has 0 radical (unpaired) electrons. The monoisotopic (exact) mass is 533 g/mol. The second kappa shape index (κ2) is 11.6. The largest absolute Gasteiger partial charge is 0.466 e. The van der Waals surface area contributed by atoms with Crippen molar-refractivity contribution in [1.29, 1.82) is 0 Å². The zero-order valence-corrected chi connectivity index (χ0v) is 22.2. The summed E-state index contributed by atoms with van der Waals surface area (Å²) < 4.78 is 53.3. The fourth-order valence-electron chi connectivity index (χ4n) is 5.67. The number of halogens is 1. The summed E-state index contributed by atoms with van der Waals surface area (Å²) in [4.78, 5) is 12.1. The van der Waals surface area contributed by atoms with Crippen molar-refractivity contribution in [1.82, 2.24) is 5.32 Å². The summed E-state index contributed by atoms with van der Waals surface area (Å²) in [7, 11) is -3.59. The second-order valence-electron chi connectivity index (χ2n) is 10.0. The SMILES string of the molecule is CCOC(=O)C[C@@H](O)C1(c2ccc(CC3[C@H](C)NC[C@@H](c4ccccc4)S3(=O)=O)c(F)c2)CCOCC1. The highest BCUT2D eigenvalue weighted by Gasteiger charge is 2.44. The number of aliphatic hydroxyl groups is 1. The average molecular weight is 534 g/mol. The minimum Gasteiger partial charge on any atom is -0.466 e. The highest BCUT2D eigenvalue weighted by atomic mass is 32.2. The number of esters is 1. The molecule has 4 atom stereocenters. The van der Waals surface area contributed by atoms with Crippen LogP contribution < -0.4 is 5.32 Å². The van der Waals surface area contributed by atoms with Crippen LogP contribution in [0.4, 0.5) is 4.39 Å². The van der Waals surface area contributed by atoms with Gasteiger partial charge in [0.05, 0.1) is 29.6 Å². The quantitative estimate of drug-likeness (QED) is 0.503. The van der Waals surface area contributed by atoms with Crippen molar-refractivity contribution in [3.05, 3.63) is 71.0 Å². The number of sulfone groups is 1. The van der Waals surface area contributed by atoms with Crippen LogP contribution >= 0.6 is 0 Å². The number of nitrogens with one attached hydrogen (secondary N) is 1. The predicted molar refractivity (Wildman–Crippen MR) is 138 cm³/mol. The van der Waals surface area contributed by atoms with Gasteiger partial charge in [-0.25, -0.2) is 12.8 Å². The topological polar surface area (TPSA) is 102 Å². The van der Waals surface area contributed by atoms with E-state index in [2.05, 4.69) is 5.32 Å². The molecule has 0 bridgehead atoms. The van der Waals surface area contributed by atoms with Crippen molar-refractivity contribution in [2.75, 3.05) is 26.4 Å². The van der Waals surface area contributed by atoms with E-state index in [4.69, 9.17) is 9.47 Å². The molecule has 4 rings (SSSR count). The van der Waals surface area contributed by atoms with Gasteiger partial charge in [0.25, 0.3) is 0 Å². The molecule has 0 amide bonds. The smallest absolute Gasteiger partial charge is 0.308 e. The number of carbonyl (C=O) groups excluding carboxylic acids is 1. The zero-order valence-electron chi connectivity index (χ0n) is 21.4. The van der Waals surface area contributed by atoms with Crippen molar-refractivity contribution in [3.63, 3.8) is 0 Å². The molecule has 7 nitrogen and oxygen atoms in total. The number of hydrogen-bond donors (Lipinski definition) is 2. The Labute approximate surface area is 218 Å². The molecule has 1 unspecified atom stereocenters. The summed E-state index contributed by atoms with van der Waals surface area (Å²) in [5, 5.41) is 12.9. The molecule has 2 aromatic carbocycles. The van der Waals surface area contributed by atoms with Crippen LogP contribution in [0.25, 0.3) is 0 Å². The van der Waals surface area contributed by atoms with Gasteiger partial charge in [-0.3, -0.25) is 4.79 Å². The molecule has 0 spiro atoms. The highest BCUT2D eigenvalue weighted by molar-refractivity contribution is 7.92. The van der Waals surface area contributed by atoms with E-state index >= 15 is 4.39 Å². The molecular weight excluding hydrogens is 497 g/mol. The first-order valence-electron chi connectivity index (χ1n) is 12.9. The van der Waals surface area contributed by atoms with Crippen LogP contribution in [0.15, 0.2) is 48.5 Å². The molecule has 2 N–H and O–H groups in total. The molecule has 2 heterocycles. The summed E-state index contributed by atoms with van der Waals surface area (Å²) in [6.07, 6.45) is -0.350. The van der Waals surface area contributed by atoms with E-state index in [1.165, 1.54) is 6.07 Å². The lowest BCUT2D eigenvalue weighted by Crippen LogP contribution is -2.53. The van der Waals surface area contributed by atoms with Crippen LogP contribution in [0.3, 0.4) is 0 Å². The Morgan fingerprint density at radius 1 is 1.22 bits per heavy atom. The van der Waals surface area contributed by atoms with Gasteiger partial charge in [0.15, 0.2) is 9.84 Å². The Kier molecular flexibility index (Phi) is 8.68. The Balaban J connectivity index is 1.60. The van der Waals surface area contributed by atoms with E-state index in [0.717, 1.165) is 5.56 Å². The first kappa shape index (κ1) is 27.7. The third-order valence-corrected chi connectivity index (χ3v) is 10.6. The third kappa shape index (κ3) is 5.74. The summed E-state index contributed by atoms with van der Waals surface area (Å²) in [6.45, 7) is 4.81. The predicted octanol–water partition coefficient (Wildman–Crippen LogP) is 3.25. The zero-order chi connectivity index (χ0) is 26.6. The first-order chi connectivity index (χ1) is 17.7. The van der Waals surface area contributed by atoms with Crippen LogP contribution in [0, 0.1) is 5.82 Å². The van der Waals surface area contributed by atoms with E-state index in [-0.39, 0.29) is 25.5 Å². The molecule has 0 saturated carbocycles.